The van der Waals surface area contributed by atoms with E-state index >= 15 is 0 Å². The summed E-state index contributed by atoms with van der Waals surface area (Å²) < 4.78 is 27.8. The SMILES string of the molecule is C[C@H]1c2ccc(Cl)c(F)c2CN1[S+]([O-])C(C)(C)C. The van der Waals surface area contributed by atoms with Crippen LogP contribution in [0.5, 0.6) is 0 Å². The van der Waals surface area contributed by atoms with Crippen molar-refractivity contribution in [3.05, 3.63) is 34.1 Å². The molecule has 1 aliphatic rings. The van der Waals surface area contributed by atoms with Gasteiger partial charge in [-0.2, -0.15) is 0 Å². The van der Waals surface area contributed by atoms with Crippen molar-refractivity contribution in [2.45, 2.75) is 45.0 Å². The number of nitrogens with zero attached hydrogens (tertiary/aromatic N) is 1. The zero-order valence-corrected chi connectivity index (χ0v) is 12.5. The van der Waals surface area contributed by atoms with E-state index in [4.69, 9.17) is 11.6 Å². The molecule has 1 aromatic carbocycles. The average Bonchev–Trinajstić information content (AvgIpc) is 2.60. The summed E-state index contributed by atoms with van der Waals surface area (Å²) in [5.41, 5.74) is 1.46. The minimum atomic E-state index is -1.16. The Kier molecular flexibility index (Phi) is 3.67. The zero-order valence-electron chi connectivity index (χ0n) is 11.0. The van der Waals surface area contributed by atoms with Gasteiger partial charge in [0.25, 0.3) is 0 Å². The van der Waals surface area contributed by atoms with Gasteiger partial charge in [0.2, 0.25) is 0 Å². The quantitative estimate of drug-likeness (QED) is 0.735. The van der Waals surface area contributed by atoms with Gasteiger partial charge >= 0.3 is 0 Å². The van der Waals surface area contributed by atoms with Gasteiger partial charge in [0.1, 0.15) is 10.6 Å². The summed E-state index contributed by atoms with van der Waals surface area (Å²) in [4.78, 5) is 0. The maximum absolute atomic E-state index is 14.0. The minimum Gasteiger partial charge on any atom is -0.597 e. The molecule has 1 unspecified atom stereocenters. The Balaban J connectivity index is 2.36. The Labute approximate surface area is 115 Å². The highest BCUT2D eigenvalue weighted by Crippen LogP contribution is 2.41. The van der Waals surface area contributed by atoms with E-state index in [2.05, 4.69) is 0 Å². The first-order chi connectivity index (χ1) is 8.23. The highest BCUT2D eigenvalue weighted by molar-refractivity contribution is 7.90. The van der Waals surface area contributed by atoms with Gasteiger partial charge in [-0.15, -0.1) is 4.31 Å². The predicted molar refractivity (Wildman–Crippen MR) is 73.3 cm³/mol. The van der Waals surface area contributed by atoms with Crippen LogP contribution in [0.4, 0.5) is 4.39 Å². The molecule has 0 saturated heterocycles. The Morgan fingerprint density at radius 1 is 1.44 bits per heavy atom. The smallest absolute Gasteiger partial charge is 0.146 e. The van der Waals surface area contributed by atoms with Crippen molar-refractivity contribution in [1.29, 1.82) is 0 Å². The Hall–Kier alpha value is -0.290. The van der Waals surface area contributed by atoms with Gasteiger partial charge in [-0.25, -0.2) is 4.39 Å². The molecule has 1 aromatic rings. The summed E-state index contributed by atoms with van der Waals surface area (Å²) in [6.45, 7) is 8.06. The zero-order chi connectivity index (χ0) is 13.7. The predicted octanol–water partition coefficient (Wildman–Crippen LogP) is 3.82. The van der Waals surface area contributed by atoms with Crippen LogP contribution < -0.4 is 0 Å². The first-order valence-electron chi connectivity index (χ1n) is 5.89. The fourth-order valence-corrected chi connectivity index (χ4v) is 3.69. The summed E-state index contributed by atoms with van der Waals surface area (Å²) in [5, 5.41) is 0.129. The summed E-state index contributed by atoms with van der Waals surface area (Å²) in [7, 11) is 0. The first-order valence-corrected chi connectivity index (χ1v) is 7.37. The summed E-state index contributed by atoms with van der Waals surface area (Å²) in [6.07, 6.45) is 0. The van der Waals surface area contributed by atoms with E-state index in [9.17, 15) is 8.94 Å². The molecule has 0 fully saturated rings. The molecule has 1 heterocycles. The first kappa shape index (κ1) is 14.1. The maximum atomic E-state index is 14.0. The van der Waals surface area contributed by atoms with Gasteiger partial charge in [0.05, 0.1) is 17.6 Å². The number of fused-ring (bicyclic) bond motifs is 1. The summed E-state index contributed by atoms with van der Waals surface area (Å²) in [6, 6.07) is 3.34. The van der Waals surface area contributed by atoms with Crippen molar-refractivity contribution in [3.8, 4) is 0 Å². The molecule has 2 nitrogen and oxygen atoms in total. The van der Waals surface area contributed by atoms with Gasteiger partial charge in [0.15, 0.2) is 0 Å². The van der Waals surface area contributed by atoms with Gasteiger partial charge in [-0.1, -0.05) is 17.7 Å². The van der Waals surface area contributed by atoms with Crippen molar-refractivity contribution in [1.82, 2.24) is 4.31 Å². The van der Waals surface area contributed by atoms with Crippen LogP contribution in [0.2, 0.25) is 5.02 Å². The van der Waals surface area contributed by atoms with Crippen LogP contribution in [0.15, 0.2) is 12.1 Å². The van der Waals surface area contributed by atoms with E-state index in [1.54, 1.807) is 6.07 Å². The molecule has 1 aliphatic heterocycles. The van der Waals surface area contributed by atoms with E-state index in [0.29, 0.717) is 12.1 Å². The fraction of sp³-hybridized carbons (Fsp3) is 0.538. The molecule has 0 radical (unpaired) electrons. The van der Waals surface area contributed by atoms with Crippen LogP contribution in [0.1, 0.15) is 44.9 Å². The minimum absolute atomic E-state index is 0.0492. The molecule has 0 saturated carbocycles. The van der Waals surface area contributed by atoms with E-state index in [1.807, 2.05) is 38.1 Å². The van der Waals surface area contributed by atoms with Crippen LogP contribution >= 0.6 is 11.6 Å². The second-order valence-corrected chi connectivity index (χ2v) is 8.14. The van der Waals surface area contributed by atoms with Crippen molar-refractivity contribution in [3.63, 3.8) is 0 Å². The third kappa shape index (κ3) is 2.27. The molecule has 0 bridgehead atoms. The second kappa shape index (κ2) is 4.67. The molecule has 18 heavy (non-hydrogen) atoms. The molecule has 2 rings (SSSR count). The number of benzene rings is 1. The van der Waals surface area contributed by atoms with Crippen LogP contribution in [0, 0.1) is 5.82 Å². The maximum Gasteiger partial charge on any atom is 0.146 e. The third-order valence-electron chi connectivity index (χ3n) is 3.17. The summed E-state index contributed by atoms with van der Waals surface area (Å²) in [5.74, 6) is -0.380. The Morgan fingerprint density at radius 3 is 2.61 bits per heavy atom. The molecular weight excluding hydrogens is 273 g/mol. The topological polar surface area (TPSA) is 26.3 Å². The van der Waals surface area contributed by atoms with Crippen LogP contribution in [-0.2, 0) is 17.9 Å². The van der Waals surface area contributed by atoms with Crippen molar-refractivity contribution < 1.29 is 8.94 Å². The van der Waals surface area contributed by atoms with Gasteiger partial charge < -0.3 is 4.55 Å². The van der Waals surface area contributed by atoms with E-state index < -0.39 is 11.4 Å². The van der Waals surface area contributed by atoms with E-state index in [-0.39, 0.29) is 21.6 Å². The highest BCUT2D eigenvalue weighted by Gasteiger charge is 2.42. The molecule has 0 amide bonds. The monoisotopic (exact) mass is 289 g/mol. The molecule has 0 spiro atoms. The third-order valence-corrected chi connectivity index (χ3v) is 5.38. The van der Waals surface area contributed by atoms with E-state index in [1.165, 1.54) is 0 Å². The van der Waals surface area contributed by atoms with E-state index in [0.717, 1.165) is 5.56 Å². The molecule has 0 aliphatic carbocycles. The Morgan fingerprint density at radius 2 is 2.06 bits per heavy atom. The second-order valence-electron chi connectivity index (χ2n) is 5.54. The van der Waals surface area contributed by atoms with Crippen LogP contribution in [0.3, 0.4) is 0 Å². The summed E-state index contributed by atoms with van der Waals surface area (Å²) >= 11 is 4.63. The standard InChI is InChI=1S/C13H17ClFNOS/c1-8-9-5-6-11(14)12(15)10(9)7-16(8)18(17)13(2,3)4/h5-6,8H,7H2,1-4H3/t8-,18?/m0/s1. The number of rotatable bonds is 1. The normalized spacial score (nSPS) is 22.1. The number of hydrogen-bond donors (Lipinski definition) is 0. The van der Waals surface area contributed by atoms with Gasteiger partial charge in [-0.3, -0.25) is 0 Å². The molecule has 2 atom stereocenters. The molecule has 0 aromatic heterocycles. The van der Waals surface area contributed by atoms with Crippen molar-refractivity contribution >= 4 is 23.0 Å². The lowest BCUT2D eigenvalue weighted by atomic mass is 10.1. The lowest BCUT2D eigenvalue weighted by Gasteiger charge is -2.32. The van der Waals surface area contributed by atoms with Crippen LogP contribution in [-0.4, -0.2) is 13.6 Å². The lowest BCUT2D eigenvalue weighted by Crippen LogP contribution is -2.41. The molecule has 5 heteroatoms. The average molecular weight is 290 g/mol. The number of halogens is 2. The van der Waals surface area contributed by atoms with Gasteiger partial charge in [0, 0.05) is 16.9 Å². The molecule has 100 valence electrons. The van der Waals surface area contributed by atoms with Gasteiger partial charge in [-0.05, 0) is 39.3 Å². The molecule has 0 N–H and O–H groups in total. The van der Waals surface area contributed by atoms with Crippen LogP contribution in [0.25, 0.3) is 0 Å². The molecular formula is C13H17ClFNOS. The van der Waals surface area contributed by atoms with Crippen molar-refractivity contribution in [2.75, 3.05) is 0 Å². The highest BCUT2D eigenvalue weighted by atomic mass is 35.5. The number of hydrogen-bond acceptors (Lipinski definition) is 2. The fourth-order valence-electron chi connectivity index (χ4n) is 2.16. The Bertz CT molecular complexity index is 475. The lowest BCUT2D eigenvalue weighted by molar-refractivity contribution is 0.354. The largest absolute Gasteiger partial charge is 0.597 e. The van der Waals surface area contributed by atoms with Crippen molar-refractivity contribution in [2.24, 2.45) is 0 Å².